The summed E-state index contributed by atoms with van der Waals surface area (Å²) in [6.07, 6.45) is 1.06. The van der Waals surface area contributed by atoms with Gasteiger partial charge in [0.15, 0.2) is 5.66 Å². The van der Waals surface area contributed by atoms with Gasteiger partial charge in [-0.05, 0) is 44.9 Å². The molecule has 1 aromatic carbocycles. The fraction of sp³-hybridized carbons (Fsp3) is 0.406. The highest BCUT2D eigenvalue weighted by Crippen LogP contribution is 2.29. The molecule has 1 atom stereocenters. The molecule has 0 saturated heterocycles. The average molecular weight is 701 g/mol. The van der Waals surface area contributed by atoms with Crippen molar-refractivity contribution in [2.75, 3.05) is 26.9 Å². The number of nitrogens with zero attached hydrogens (tertiary/aromatic N) is 4. The molecule has 0 aliphatic heterocycles. The van der Waals surface area contributed by atoms with E-state index in [0.717, 1.165) is 5.69 Å². The highest BCUT2D eigenvalue weighted by atomic mass is 79.9. The van der Waals surface area contributed by atoms with E-state index in [1.165, 1.54) is 36.3 Å². The maximum Gasteiger partial charge on any atom is 0.347 e. The quantitative estimate of drug-likeness (QED) is 0.0648. The summed E-state index contributed by atoms with van der Waals surface area (Å²) >= 11 is 3.42. The second-order valence-corrected chi connectivity index (χ2v) is 10.7. The molecule has 46 heavy (non-hydrogen) atoms. The van der Waals surface area contributed by atoms with E-state index in [-0.39, 0.29) is 25.1 Å². The molecular formula is C32H38BrN5O8. The van der Waals surface area contributed by atoms with Crippen molar-refractivity contribution in [1.82, 2.24) is 20.2 Å². The summed E-state index contributed by atoms with van der Waals surface area (Å²) in [7, 11) is 1.21. The summed E-state index contributed by atoms with van der Waals surface area (Å²) in [6.45, 7) is 5.07. The van der Waals surface area contributed by atoms with E-state index >= 15 is 0 Å². The minimum atomic E-state index is -1.95. The van der Waals surface area contributed by atoms with Crippen LogP contribution in [0.5, 0.6) is 5.75 Å². The van der Waals surface area contributed by atoms with Crippen LogP contribution < -0.4 is 10.1 Å². The Bertz CT molecular complexity index is 1540. The molecule has 0 radical (unpaired) electrons. The Kier molecular flexibility index (Phi) is 13.6. The fourth-order valence-corrected chi connectivity index (χ4v) is 5.12. The molecule has 2 heterocycles. The molecule has 3 aromatic rings. The third-order valence-corrected chi connectivity index (χ3v) is 7.55. The molecule has 0 spiro atoms. The number of carbonyl (C=O) groups excluding carboxylic acids is 3. The molecule has 1 N–H and O–H groups in total. The first-order chi connectivity index (χ1) is 22.1. The van der Waals surface area contributed by atoms with Crippen molar-refractivity contribution < 1.29 is 33.5 Å². The smallest absolute Gasteiger partial charge is 0.347 e. The average Bonchev–Trinajstić information content (AvgIpc) is 3.06. The Labute approximate surface area is 275 Å². The lowest BCUT2D eigenvalue weighted by atomic mass is 9.98. The summed E-state index contributed by atoms with van der Waals surface area (Å²) in [4.78, 5) is 62.6. The van der Waals surface area contributed by atoms with Gasteiger partial charge in [-0.3, -0.25) is 29.6 Å². The normalized spacial score (nSPS) is 12.2. The molecule has 0 bridgehead atoms. The zero-order valence-corrected chi connectivity index (χ0v) is 27.9. The molecule has 0 aliphatic rings. The van der Waals surface area contributed by atoms with E-state index in [2.05, 4.69) is 26.2 Å². The fourth-order valence-electron chi connectivity index (χ4n) is 4.81. The zero-order valence-electron chi connectivity index (χ0n) is 26.3. The minimum Gasteiger partial charge on any atom is -0.494 e. The number of nitro benzene ring substituents is 1. The number of rotatable bonds is 17. The van der Waals surface area contributed by atoms with Crippen LogP contribution in [-0.4, -0.2) is 70.2 Å². The number of hydrogen-bond donors (Lipinski definition) is 1. The number of alkyl halides is 1. The summed E-state index contributed by atoms with van der Waals surface area (Å²) < 4.78 is 16.3. The number of hydrogen-bond acceptors (Lipinski definition) is 11. The summed E-state index contributed by atoms with van der Waals surface area (Å²) in [5, 5.41) is 15.0. The Hall–Kier alpha value is -4.43. The van der Waals surface area contributed by atoms with Crippen molar-refractivity contribution in [3.8, 4) is 17.1 Å². The molecule has 14 heteroatoms. The standard InChI is InChI=1S/C32H38BrN5O8/c1-5-8-16-32(31(41)46-7-3,36-30(40)25-13-9-10-15-28(25)38(42)43)37(21-29(39)44-4)20-23-17-24(45-6-2)18-27(35-23)26-14-11-12-22(19-33)34-26/h9-15,17-18H,5-8,16,19-21H2,1-4H3,(H,36,40). The molecule has 0 saturated carbocycles. The number of ether oxygens (including phenoxy) is 3. The van der Waals surface area contributed by atoms with Gasteiger partial charge in [-0.2, -0.15) is 0 Å². The number of carbonyl (C=O) groups is 3. The SMILES string of the molecule is CCCCC(NC(=O)c1ccccc1[N+](=O)[O-])(C(=O)OCC)N(CC(=O)OC)Cc1cc(OCC)cc(-c2cccc(CBr)n2)n1. The first-order valence-electron chi connectivity index (χ1n) is 14.8. The molecule has 0 aliphatic carbocycles. The minimum absolute atomic E-state index is 0.0125. The monoisotopic (exact) mass is 699 g/mol. The van der Waals surface area contributed by atoms with Gasteiger partial charge < -0.3 is 19.5 Å². The number of pyridine rings is 2. The molecule has 1 unspecified atom stereocenters. The molecule has 13 nitrogen and oxygen atoms in total. The largest absolute Gasteiger partial charge is 0.494 e. The first kappa shape index (κ1) is 36.0. The zero-order chi connectivity index (χ0) is 33.7. The molecule has 1 amide bonds. The van der Waals surface area contributed by atoms with Crippen molar-refractivity contribution in [2.24, 2.45) is 0 Å². The van der Waals surface area contributed by atoms with Crippen LogP contribution in [0.4, 0.5) is 5.69 Å². The molecule has 2 aromatic heterocycles. The van der Waals surface area contributed by atoms with Gasteiger partial charge >= 0.3 is 11.9 Å². The second kappa shape index (κ2) is 17.3. The van der Waals surface area contributed by atoms with E-state index in [9.17, 15) is 24.5 Å². The third kappa shape index (κ3) is 9.07. The molecule has 246 valence electrons. The number of nitrogens with one attached hydrogen (secondary N) is 1. The predicted octanol–water partition coefficient (Wildman–Crippen LogP) is 5.20. The van der Waals surface area contributed by atoms with Crippen LogP contribution >= 0.6 is 15.9 Å². The van der Waals surface area contributed by atoms with Gasteiger partial charge in [0.2, 0.25) is 0 Å². The number of para-hydroxylation sites is 1. The van der Waals surface area contributed by atoms with Gasteiger partial charge in [-0.15, -0.1) is 0 Å². The van der Waals surface area contributed by atoms with E-state index < -0.39 is 40.7 Å². The van der Waals surface area contributed by atoms with Crippen LogP contribution in [0.25, 0.3) is 11.4 Å². The lowest BCUT2D eigenvalue weighted by Gasteiger charge is -2.41. The second-order valence-electron chi connectivity index (χ2n) is 10.1. The van der Waals surface area contributed by atoms with Crippen molar-refractivity contribution in [3.05, 3.63) is 81.7 Å². The maximum absolute atomic E-state index is 14.0. The summed E-state index contributed by atoms with van der Waals surface area (Å²) in [5.41, 5.74) is -0.408. The Morgan fingerprint density at radius 1 is 1.00 bits per heavy atom. The number of halogens is 1. The lowest BCUT2D eigenvalue weighted by Crippen LogP contribution is -2.66. The predicted molar refractivity (Wildman–Crippen MR) is 173 cm³/mol. The Balaban J connectivity index is 2.22. The number of nitro groups is 1. The van der Waals surface area contributed by atoms with E-state index in [0.29, 0.717) is 47.6 Å². The first-order valence-corrected chi connectivity index (χ1v) is 15.9. The molecular weight excluding hydrogens is 662 g/mol. The Morgan fingerprint density at radius 3 is 2.39 bits per heavy atom. The van der Waals surface area contributed by atoms with E-state index in [1.807, 2.05) is 26.0 Å². The van der Waals surface area contributed by atoms with E-state index in [4.69, 9.17) is 19.2 Å². The number of amides is 1. The number of unbranched alkanes of at least 4 members (excludes halogenated alkanes) is 1. The van der Waals surface area contributed by atoms with Crippen LogP contribution in [0, 0.1) is 10.1 Å². The van der Waals surface area contributed by atoms with Gasteiger partial charge in [0.25, 0.3) is 11.6 Å². The van der Waals surface area contributed by atoms with Gasteiger partial charge in [0, 0.05) is 30.1 Å². The summed E-state index contributed by atoms with van der Waals surface area (Å²) in [5.74, 6) is -1.95. The van der Waals surface area contributed by atoms with Crippen molar-refractivity contribution in [2.45, 2.75) is 57.6 Å². The number of benzene rings is 1. The van der Waals surface area contributed by atoms with Crippen LogP contribution in [0.3, 0.4) is 0 Å². The van der Waals surface area contributed by atoms with Crippen LogP contribution in [0.15, 0.2) is 54.6 Å². The van der Waals surface area contributed by atoms with E-state index in [1.54, 1.807) is 25.1 Å². The Morgan fingerprint density at radius 2 is 1.74 bits per heavy atom. The molecule has 3 rings (SSSR count). The summed E-state index contributed by atoms with van der Waals surface area (Å²) in [6, 6.07) is 14.3. The van der Waals surface area contributed by atoms with Crippen LogP contribution in [0.2, 0.25) is 0 Å². The van der Waals surface area contributed by atoms with Gasteiger partial charge in [0.05, 0.1) is 54.6 Å². The maximum atomic E-state index is 14.0. The van der Waals surface area contributed by atoms with Gasteiger partial charge in [-0.1, -0.05) is 47.5 Å². The highest BCUT2D eigenvalue weighted by Gasteiger charge is 2.48. The van der Waals surface area contributed by atoms with Gasteiger partial charge in [0.1, 0.15) is 11.3 Å². The van der Waals surface area contributed by atoms with Crippen LogP contribution in [0.1, 0.15) is 61.8 Å². The van der Waals surface area contributed by atoms with Crippen LogP contribution in [-0.2, 0) is 30.9 Å². The van der Waals surface area contributed by atoms with Crippen molar-refractivity contribution in [1.29, 1.82) is 0 Å². The number of methoxy groups -OCH3 is 1. The number of esters is 2. The topological polar surface area (TPSA) is 163 Å². The highest BCUT2D eigenvalue weighted by molar-refractivity contribution is 9.08. The van der Waals surface area contributed by atoms with Crippen molar-refractivity contribution >= 4 is 39.5 Å². The molecule has 0 fully saturated rings. The number of aromatic nitrogens is 2. The van der Waals surface area contributed by atoms with Crippen molar-refractivity contribution in [3.63, 3.8) is 0 Å². The lowest BCUT2D eigenvalue weighted by molar-refractivity contribution is -0.385. The third-order valence-electron chi connectivity index (χ3n) is 6.98. The van der Waals surface area contributed by atoms with Gasteiger partial charge in [-0.25, -0.2) is 9.78 Å².